The van der Waals surface area contributed by atoms with Crippen molar-refractivity contribution in [3.05, 3.63) is 270 Å². The van der Waals surface area contributed by atoms with Crippen LogP contribution < -0.4 is 4.90 Å². The van der Waals surface area contributed by atoms with Gasteiger partial charge in [-0.2, -0.15) is 0 Å². The molecule has 1 nitrogen and oxygen atoms in total. The molecule has 298 valence electrons. The topological polar surface area (TPSA) is 3.24 Å². The van der Waals surface area contributed by atoms with E-state index in [4.69, 9.17) is 0 Å². The maximum absolute atomic E-state index is 2.49. The second-order valence-corrected chi connectivity index (χ2v) is 17.6. The highest BCUT2D eigenvalue weighted by Crippen LogP contribution is 2.58. The van der Waals surface area contributed by atoms with Crippen molar-refractivity contribution in [3.63, 3.8) is 0 Å². The SMILES string of the molecule is CC1(C)c2ccccc2-c2ccc(N(c3ccc(-c4cccc5ccccc45)cc3)c3ccc4c(c3)C(c3ccccc3)(c3cccc(-c5ccccc5)c3)c3ccccc3-4)cc21. The van der Waals surface area contributed by atoms with Gasteiger partial charge >= 0.3 is 0 Å². The standard InChI is InChI=1S/C62H45N/c1-61(2)57-29-13-11-26-53(57)55-37-35-49(40-59(55)61)63(48-33-31-44(32-34-48)52-28-16-20-43-19-9-10-25-51(43)52)50-36-38-56-54-27-12-14-30-58(54)62(60(56)41-50,46-22-7-4-8-23-46)47-24-15-21-45(39-47)42-17-5-3-6-18-42/h3-41H,1-2H3. The summed E-state index contributed by atoms with van der Waals surface area (Å²) in [6.07, 6.45) is 0. The molecule has 2 aliphatic carbocycles. The molecule has 63 heavy (non-hydrogen) atoms. The highest BCUT2D eigenvalue weighted by atomic mass is 15.1. The van der Waals surface area contributed by atoms with E-state index in [0.29, 0.717) is 0 Å². The van der Waals surface area contributed by atoms with Crippen LogP contribution in [-0.4, -0.2) is 0 Å². The second kappa shape index (κ2) is 14.4. The van der Waals surface area contributed by atoms with Crippen molar-refractivity contribution >= 4 is 27.8 Å². The minimum absolute atomic E-state index is 0.141. The summed E-state index contributed by atoms with van der Waals surface area (Å²) in [6, 6.07) is 87.9. The predicted octanol–water partition coefficient (Wildman–Crippen LogP) is 16.3. The van der Waals surface area contributed by atoms with Crippen molar-refractivity contribution in [1.82, 2.24) is 0 Å². The maximum Gasteiger partial charge on any atom is 0.0714 e. The van der Waals surface area contributed by atoms with Gasteiger partial charge in [-0.3, -0.25) is 0 Å². The maximum atomic E-state index is 2.49. The molecule has 0 spiro atoms. The van der Waals surface area contributed by atoms with E-state index in [-0.39, 0.29) is 5.41 Å². The summed E-state index contributed by atoms with van der Waals surface area (Å²) in [7, 11) is 0. The molecule has 10 aromatic carbocycles. The van der Waals surface area contributed by atoms with Crippen LogP contribution in [0, 0.1) is 0 Å². The fourth-order valence-electron chi connectivity index (χ4n) is 11.0. The summed E-state index contributed by atoms with van der Waals surface area (Å²) >= 11 is 0. The lowest BCUT2D eigenvalue weighted by atomic mass is 9.67. The van der Waals surface area contributed by atoms with E-state index in [0.717, 1.165) is 17.1 Å². The third kappa shape index (κ3) is 5.70. The molecule has 0 N–H and O–H groups in total. The molecule has 0 aromatic heterocycles. The van der Waals surface area contributed by atoms with Gasteiger partial charge in [0.1, 0.15) is 0 Å². The molecule has 0 radical (unpaired) electrons. The molecule has 1 heteroatoms. The summed E-state index contributed by atoms with van der Waals surface area (Å²) in [5.74, 6) is 0. The first kappa shape index (κ1) is 37.1. The monoisotopic (exact) mass is 803 g/mol. The number of benzene rings is 10. The zero-order valence-corrected chi connectivity index (χ0v) is 35.5. The summed E-state index contributed by atoms with van der Waals surface area (Å²) < 4.78 is 0. The average Bonchev–Trinajstić information content (AvgIpc) is 3.77. The molecule has 0 bridgehead atoms. The third-order valence-electron chi connectivity index (χ3n) is 13.9. The summed E-state index contributed by atoms with van der Waals surface area (Å²) in [5.41, 5.74) is 20.5. The molecule has 0 aliphatic heterocycles. The fourth-order valence-corrected chi connectivity index (χ4v) is 11.0. The van der Waals surface area contributed by atoms with E-state index in [1.54, 1.807) is 0 Å². The van der Waals surface area contributed by atoms with Gasteiger partial charge in [0.25, 0.3) is 0 Å². The Morgan fingerprint density at radius 2 is 0.810 bits per heavy atom. The minimum Gasteiger partial charge on any atom is -0.310 e. The van der Waals surface area contributed by atoms with Crippen LogP contribution in [0.25, 0.3) is 55.3 Å². The van der Waals surface area contributed by atoms with E-state index < -0.39 is 5.41 Å². The molecule has 0 saturated heterocycles. The van der Waals surface area contributed by atoms with Crippen LogP contribution in [-0.2, 0) is 10.8 Å². The molecule has 10 aromatic rings. The van der Waals surface area contributed by atoms with Crippen molar-refractivity contribution in [2.75, 3.05) is 4.90 Å². The number of hydrogen-bond donors (Lipinski definition) is 0. The van der Waals surface area contributed by atoms with Crippen LogP contribution in [0.3, 0.4) is 0 Å². The Kier molecular flexibility index (Phi) is 8.49. The Hall–Kier alpha value is -7.74. The van der Waals surface area contributed by atoms with Crippen LogP contribution in [0.1, 0.15) is 47.2 Å². The molecule has 0 heterocycles. The van der Waals surface area contributed by atoms with Crippen molar-refractivity contribution in [2.45, 2.75) is 24.7 Å². The normalized spacial score (nSPS) is 15.3. The number of hydrogen-bond acceptors (Lipinski definition) is 1. The Bertz CT molecular complexity index is 3360. The lowest BCUT2D eigenvalue weighted by Gasteiger charge is -2.35. The molecule has 12 rings (SSSR count). The molecule has 2 aliphatic rings. The van der Waals surface area contributed by atoms with Gasteiger partial charge in [-0.1, -0.05) is 208 Å². The van der Waals surface area contributed by atoms with Gasteiger partial charge in [-0.15, -0.1) is 0 Å². The van der Waals surface area contributed by atoms with Crippen LogP contribution in [0.4, 0.5) is 17.1 Å². The quantitative estimate of drug-likeness (QED) is 0.155. The highest BCUT2D eigenvalue weighted by Gasteiger charge is 2.46. The van der Waals surface area contributed by atoms with Crippen LogP contribution in [0.5, 0.6) is 0 Å². The number of nitrogens with zero attached hydrogens (tertiary/aromatic N) is 1. The van der Waals surface area contributed by atoms with Crippen molar-refractivity contribution in [2.24, 2.45) is 0 Å². The molecule has 0 amide bonds. The van der Waals surface area contributed by atoms with Crippen molar-refractivity contribution < 1.29 is 0 Å². The van der Waals surface area contributed by atoms with Gasteiger partial charge in [0, 0.05) is 22.5 Å². The minimum atomic E-state index is -0.570. The Balaban J connectivity index is 1.09. The Labute approximate surface area is 370 Å². The Morgan fingerprint density at radius 1 is 0.302 bits per heavy atom. The van der Waals surface area contributed by atoms with Crippen LogP contribution in [0.2, 0.25) is 0 Å². The first-order valence-corrected chi connectivity index (χ1v) is 22.1. The molecular formula is C62H45N. The summed E-state index contributed by atoms with van der Waals surface area (Å²) in [6.45, 7) is 4.74. The third-order valence-corrected chi connectivity index (χ3v) is 13.9. The van der Waals surface area contributed by atoms with E-state index in [2.05, 4.69) is 255 Å². The van der Waals surface area contributed by atoms with Gasteiger partial charge in [0.2, 0.25) is 0 Å². The van der Waals surface area contributed by atoms with Crippen molar-refractivity contribution in [1.29, 1.82) is 0 Å². The molecule has 1 unspecified atom stereocenters. The molecule has 1 atom stereocenters. The smallest absolute Gasteiger partial charge is 0.0714 e. The lowest BCUT2D eigenvalue weighted by molar-refractivity contribution is 0.660. The first-order valence-electron chi connectivity index (χ1n) is 22.1. The first-order chi connectivity index (χ1) is 31.0. The summed E-state index contributed by atoms with van der Waals surface area (Å²) in [4.78, 5) is 2.48. The van der Waals surface area contributed by atoms with Gasteiger partial charge in [0.05, 0.1) is 5.41 Å². The molecular weight excluding hydrogens is 759 g/mol. The Morgan fingerprint density at radius 3 is 1.57 bits per heavy atom. The molecule has 0 saturated carbocycles. The molecule has 0 fully saturated rings. The zero-order valence-electron chi connectivity index (χ0n) is 35.5. The van der Waals surface area contributed by atoms with Gasteiger partial charge in [-0.25, -0.2) is 0 Å². The van der Waals surface area contributed by atoms with Gasteiger partial charge in [0.15, 0.2) is 0 Å². The largest absolute Gasteiger partial charge is 0.310 e. The van der Waals surface area contributed by atoms with E-state index in [1.165, 1.54) is 88.7 Å². The van der Waals surface area contributed by atoms with E-state index in [9.17, 15) is 0 Å². The van der Waals surface area contributed by atoms with Crippen LogP contribution in [0.15, 0.2) is 237 Å². The van der Waals surface area contributed by atoms with Crippen LogP contribution >= 0.6 is 0 Å². The number of rotatable bonds is 7. The number of fused-ring (bicyclic) bond motifs is 7. The highest BCUT2D eigenvalue weighted by molar-refractivity contribution is 5.97. The second-order valence-electron chi connectivity index (χ2n) is 17.6. The van der Waals surface area contributed by atoms with E-state index >= 15 is 0 Å². The van der Waals surface area contributed by atoms with E-state index in [1.807, 2.05) is 0 Å². The number of anilines is 3. The van der Waals surface area contributed by atoms with Crippen molar-refractivity contribution in [3.8, 4) is 44.5 Å². The van der Waals surface area contributed by atoms with Gasteiger partial charge < -0.3 is 4.90 Å². The summed E-state index contributed by atoms with van der Waals surface area (Å²) in [5, 5.41) is 2.51. The average molecular weight is 804 g/mol. The van der Waals surface area contributed by atoms with Gasteiger partial charge in [-0.05, 0) is 131 Å². The fraction of sp³-hybridized carbons (Fsp3) is 0.0645. The lowest BCUT2D eigenvalue weighted by Crippen LogP contribution is -2.29. The predicted molar refractivity (Wildman–Crippen MR) is 264 cm³/mol. The zero-order chi connectivity index (χ0) is 42.1.